The highest BCUT2D eigenvalue weighted by Gasteiger charge is 2.30. The number of rotatable bonds is 4. The van der Waals surface area contributed by atoms with Gasteiger partial charge in [0.05, 0.1) is 21.7 Å². The van der Waals surface area contributed by atoms with Gasteiger partial charge in [0.1, 0.15) is 5.75 Å². The Morgan fingerprint density at radius 3 is 2.43 bits per heavy atom. The zero-order valence-electron chi connectivity index (χ0n) is 11.4. The van der Waals surface area contributed by atoms with Crippen molar-refractivity contribution in [2.75, 3.05) is 5.32 Å². The zero-order chi connectivity index (χ0) is 16.6. The number of aromatic hydroxyl groups is 1. The van der Waals surface area contributed by atoms with E-state index in [1.807, 2.05) is 0 Å². The van der Waals surface area contributed by atoms with Crippen molar-refractivity contribution in [3.05, 3.63) is 56.9 Å². The summed E-state index contributed by atoms with van der Waals surface area (Å²) >= 11 is 0. The number of nitro groups is 2. The summed E-state index contributed by atoms with van der Waals surface area (Å²) in [6.45, 7) is 0. The van der Waals surface area contributed by atoms with E-state index in [1.54, 1.807) is 0 Å². The normalized spacial score (nSPS) is 10.6. The van der Waals surface area contributed by atoms with Crippen molar-refractivity contribution in [3.63, 3.8) is 0 Å². The van der Waals surface area contributed by atoms with Crippen LogP contribution in [0, 0.1) is 20.2 Å². The molecule has 2 aromatic carbocycles. The molecule has 0 atom stereocenters. The van der Waals surface area contributed by atoms with Crippen LogP contribution in [0.15, 0.2) is 36.7 Å². The minimum atomic E-state index is -0.723. The van der Waals surface area contributed by atoms with Crippen molar-refractivity contribution >= 4 is 33.8 Å². The van der Waals surface area contributed by atoms with Gasteiger partial charge in [-0.1, -0.05) is 0 Å². The number of hydrogen-bond donors (Lipinski definition) is 3. The Hall–Kier alpha value is -3.69. The Kier molecular flexibility index (Phi) is 3.26. The SMILES string of the molecule is O=[N+]([O-])c1cc2[nH]cnc2c([N+](=O)[O-])c1Nc1ccc(O)cc1. The Bertz CT molecular complexity index is 918. The van der Waals surface area contributed by atoms with Gasteiger partial charge in [-0.05, 0) is 24.3 Å². The summed E-state index contributed by atoms with van der Waals surface area (Å²) in [6, 6.07) is 6.77. The molecule has 3 aromatic rings. The molecule has 1 heterocycles. The van der Waals surface area contributed by atoms with Crippen LogP contribution in [0.25, 0.3) is 11.0 Å². The summed E-state index contributed by atoms with van der Waals surface area (Å²) < 4.78 is 0. The van der Waals surface area contributed by atoms with Gasteiger partial charge < -0.3 is 15.4 Å². The van der Waals surface area contributed by atoms with E-state index in [1.165, 1.54) is 36.7 Å². The van der Waals surface area contributed by atoms with Gasteiger partial charge in [0.25, 0.3) is 0 Å². The molecule has 0 amide bonds. The number of aromatic amines is 1. The number of hydrogen-bond acceptors (Lipinski definition) is 7. The highest BCUT2D eigenvalue weighted by atomic mass is 16.6. The zero-order valence-corrected chi connectivity index (χ0v) is 11.4. The van der Waals surface area contributed by atoms with Crippen molar-refractivity contribution in [1.29, 1.82) is 0 Å². The van der Waals surface area contributed by atoms with Crippen LogP contribution < -0.4 is 5.32 Å². The molecule has 0 spiro atoms. The lowest BCUT2D eigenvalue weighted by Gasteiger charge is -2.08. The molecule has 0 unspecified atom stereocenters. The first kappa shape index (κ1) is 14.3. The minimum absolute atomic E-state index is 0.00213. The first-order valence-corrected chi connectivity index (χ1v) is 6.32. The van der Waals surface area contributed by atoms with Gasteiger partial charge in [-0.2, -0.15) is 0 Å². The maximum absolute atomic E-state index is 11.4. The molecule has 0 bridgehead atoms. The van der Waals surface area contributed by atoms with Crippen LogP contribution in [0.3, 0.4) is 0 Å². The summed E-state index contributed by atoms with van der Waals surface area (Å²) in [4.78, 5) is 27.7. The van der Waals surface area contributed by atoms with E-state index in [0.717, 1.165) is 0 Å². The standard InChI is InChI=1S/C13H9N5O5/c19-8-3-1-7(2-4-8)16-12-10(17(20)21)5-9-11(15-6-14-9)13(12)18(22)23/h1-6,16,19H,(H,14,15). The minimum Gasteiger partial charge on any atom is -0.508 e. The number of anilines is 2. The van der Waals surface area contributed by atoms with E-state index < -0.39 is 21.2 Å². The molecule has 0 aliphatic carbocycles. The second-order valence-corrected chi connectivity index (χ2v) is 4.60. The number of aromatic nitrogens is 2. The van der Waals surface area contributed by atoms with Gasteiger partial charge in [-0.25, -0.2) is 4.98 Å². The van der Waals surface area contributed by atoms with Crippen molar-refractivity contribution in [2.24, 2.45) is 0 Å². The van der Waals surface area contributed by atoms with Gasteiger partial charge in [0, 0.05) is 11.8 Å². The number of H-pyrrole nitrogens is 1. The van der Waals surface area contributed by atoms with E-state index in [2.05, 4.69) is 15.3 Å². The number of nitro benzene ring substituents is 2. The summed E-state index contributed by atoms with van der Waals surface area (Å²) in [6.07, 6.45) is 1.23. The third-order valence-corrected chi connectivity index (χ3v) is 3.18. The Morgan fingerprint density at radius 1 is 1.13 bits per heavy atom. The Morgan fingerprint density at radius 2 is 1.83 bits per heavy atom. The molecule has 0 radical (unpaired) electrons. The van der Waals surface area contributed by atoms with Crippen LogP contribution in [-0.4, -0.2) is 24.9 Å². The molecular formula is C13H9N5O5. The molecule has 10 nitrogen and oxygen atoms in total. The maximum atomic E-state index is 11.4. The number of nitrogens with one attached hydrogen (secondary N) is 2. The van der Waals surface area contributed by atoms with Crippen molar-refractivity contribution < 1.29 is 15.0 Å². The van der Waals surface area contributed by atoms with Gasteiger partial charge in [-0.15, -0.1) is 0 Å². The van der Waals surface area contributed by atoms with Gasteiger partial charge in [0.15, 0.2) is 11.2 Å². The lowest BCUT2D eigenvalue weighted by Crippen LogP contribution is -2.02. The lowest BCUT2D eigenvalue weighted by molar-refractivity contribution is -0.391. The second kappa shape index (κ2) is 5.26. The van der Waals surface area contributed by atoms with Gasteiger partial charge in [-0.3, -0.25) is 20.2 Å². The van der Waals surface area contributed by atoms with E-state index in [9.17, 15) is 25.3 Å². The molecule has 0 saturated carbocycles. The fourth-order valence-corrected chi connectivity index (χ4v) is 2.19. The van der Waals surface area contributed by atoms with Crippen LogP contribution in [0.4, 0.5) is 22.7 Å². The number of phenolic OH excluding ortho intramolecular Hbond substituents is 1. The smallest absolute Gasteiger partial charge is 0.327 e. The monoisotopic (exact) mass is 315 g/mol. The Labute approximate surface area is 127 Å². The first-order chi connectivity index (χ1) is 11.0. The van der Waals surface area contributed by atoms with Gasteiger partial charge in [0.2, 0.25) is 0 Å². The van der Waals surface area contributed by atoms with Crippen molar-refractivity contribution in [2.45, 2.75) is 0 Å². The Balaban J connectivity index is 2.25. The molecule has 3 N–H and O–H groups in total. The first-order valence-electron chi connectivity index (χ1n) is 6.32. The van der Waals surface area contributed by atoms with Gasteiger partial charge >= 0.3 is 11.4 Å². The molecule has 0 aliphatic rings. The van der Waals surface area contributed by atoms with E-state index >= 15 is 0 Å². The fourth-order valence-electron chi connectivity index (χ4n) is 2.19. The molecule has 0 fully saturated rings. The number of phenols is 1. The van der Waals surface area contributed by atoms with Crippen LogP contribution in [-0.2, 0) is 0 Å². The summed E-state index contributed by atoms with van der Waals surface area (Å²) in [5.41, 5.74) is -0.666. The summed E-state index contributed by atoms with van der Waals surface area (Å²) in [5.74, 6) is 0.00213. The molecule has 0 aliphatic heterocycles. The molecule has 1 aromatic heterocycles. The highest BCUT2D eigenvalue weighted by molar-refractivity contribution is 5.97. The lowest BCUT2D eigenvalue weighted by atomic mass is 10.2. The molecule has 3 rings (SSSR count). The molecular weight excluding hydrogens is 306 g/mol. The summed E-state index contributed by atoms with van der Waals surface area (Å²) in [5, 5.41) is 34.6. The predicted molar refractivity (Wildman–Crippen MR) is 80.8 cm³/mol. The predicted octanol–water partition coefficient (Wildman–Crippen LogP) is 2.83. The molecule has 0 saturated heterocycles. The van der Waals surface area contributed by atoms with Crippen molar-refractivity contribution in [1.82, 2.24) is 9.97 Å². The number of benzene rings is 2. The third-order valence-electron chi connectivity index (χ3n) is 3.18. The second-order valence-electron chi connectivity index (χ2n) is 4.60. The fraction of sp³-hybridized carbons (Fsp3) is 0. The van der Waals surface area contributed by atoms with Crippen LogP contribution in [0.2, 0.25) is 0 Å². The molecule has 23 heavy (non-hydrogen) atoms. The van der Waals surface area contributed by atoms with E-state index in [0.29, 0.717) is 5.69 Å². The summed E-state index contributed by atoms with van der Waals surface area (Å²) in [7, 11) is 0. The molecule has 10 heteroatoms. The van der Waals surface area contributed by atoms with Crippen LogP contribution >= 0.6 is 0 Å². The van der Waals surface area contributed by atoms with Crippen molar-refractivity contribution in [3.8, 4) is 5.75 Å². The third kappa shape index (κ3) is 2.48. The van der Waals surface area contributed by atoms with Crippen LogP contribution in [0.5, 0.6) is 5.75 Å². The van der Waals surface area contributed by atoms with E-state index in [-0.39, 0.29) is 22.5 Å². The molecule has 116 valence electrons. The number of fused-ring (bicyclic) bond motifs is 1. The highest BCUT2D eigenvalue weighted by Crippen LogP contribution is 2.41. The largest absolute Gasteiger partial charge is 0.508 e. The van der Waals surface area contributed by atoms with Crippen LogP contribution in [0.1, 0.15) is 0 Å². The topological polar surface area (TPSA) is 147 Å². The average molecular weight is 315 g/mol. The number of imidazole rings is 1. The number of nitrogens with zero attached hydrogens (tertiary/aromatic N) is 3. The maximum Gasteiger partial charge on any atom is 0.327 e. The quantitative estimate of drug-likeness (QED) is 0.381. The van der Waals surface area contributed by atoms with E-state index in [4.69, 9.17) is 0 Å². The average Bonchev–Trinajstić information content (AvgIpc) is 2.96.